The van der Waals surface area contributed by atoms with Gasteiger partial charge in [0.05, 0.1) is 13.1 Å². The topological polar surface area (TPSA) is 58.4 Å². The van der Waals surface area contributed by atoms with Gasteiger partial charge in [-0.1, -0.05) is 6.58 Å². The lowest BCUT2D eigenvalue weighted by molar-refractivity contribution is -0.137. The standard InChI is InChI=1S/C15H24N4O2/c1-6-14(20)18(7-2)11-15(21)17(5)10-13-16-8-9-19(13)12(3)4/h6,8-9,12H,1,7,10-11H2,2-5H3. The van der Waals surface area contributed by atoms with Gasteiger partial charge in [-0.05, 0) is 26.8 Å². The second kappa shape index (κ2) is 7.61. The third-order valence-electron chi connectivity index (χ3n) is 3.30. The van der Waals surface area contributed by atoms with E-state index < -0.39 is 0 Å². The number of aromatic nitrogens is 2. The van der Waals surface area contributed by atoms with Gasteiger partial charge in [0.15, 0.2) is 0 Å². The average molecular weight is 292 g/mol. The van der Waals surface area contributed by atoms with E-state index in [1.807, 2.05) is 17.7 Å². The molecule has 0 aliphatic carbocycles. The van der Waals surface area contributed by atoms with Crippen LogP contribution in [0.4, 0.5) is 0 Å². The molecule has 0 aliphatic rings. The summed E-state index contributed by atoms with van der Waals surface area (Å²) < 4.78 is 2.02. The van der Waals surface area contributed by atoms with Crippen LogP contribution in [0.25, 0.3) is 0 Å². The second-order valence-corrected chi connectivity index (χ2v) is 5.15. The van der Waals surface area contributed by atoms with Crippen LogP contribution in [0.15, 0.2) is 25.0 Å². The maximum absolute atomic E-state index is 12.2. The van der Waals surface area contributed by atoms with E-state index in [0.29, 0.717) is 19.1 Å². The highest BCUT2D eigenvalue weighted by molar-refractivity contribution is 5.90. The zero-order valence-corrected chi connectivity index (χ0v) is 13.2. The van der Waals surface area contributed by atoms with Crippen LogP contribution in [-0.2, 0) is 16.1 Å². The molecule has 21 heavy (non-hydrogen) atoms. The molecule has 2 amide bonds. The molecule has 0 radical (unpaired) electrons. The number of imidazole rings is 1. The molecule has 0 saturated heterocycles. The summed E-state index contributed by atoms with van der Waals surface area (Å²) in [5.41, 5.74) is 0. The van der Waals surface area contributed by atoms with Crippen molar-refractivity contribution in [2.75, 3.05) is 20.1 Å². The minimum Gasteiger partial charge on any atom is -0.337 e. The van der Waals surface area contributed by atoms with Crippen molar-refractivity contribution in [1.82, 2.24) is 19.4 Å². The summed E-state index contributed by atoms with van der Waals surface area (Å²) in [4.78, 5) is 31.1. The van der Waals surface area contributed by atoms with Gasteiger partial charge in [0.2, 0.25) is 11.8 Å². The minimum atomic E-state index is -0.233. The van der Waals surface area contributed by atoms with Crippen molar-refractivity contribution in [3.05, 3.63) is 30.9 Å². The number of carbonyl (C=O) groups excluding carboxylic acids is 2. The second-order valence-electron chi connectivity index (χ2n) is 5.15. The van der Waals surface area contributed by atoms with Crippen molar-refractivity contribution >= 4 is 11.8 Å². The molecule has 0 aliphatic heterocycles. The van der Waals surface area contributed by atoms with Crippen molar-refractivity contribution in [1.29, 1.82) is 0 Å². The van der Waals surface area contributed by atoms with Gasteiger partial charge in [-0.3, -0.25) is 9.59 Å². The summed E-state index contributed by atoms with van der Waals surface area (Å²) in [7, 11) is 1.72. The predicted octanol–water partition coefficient (Wildman–Crippen LogP) is 1.46. The summed E-state index contributed by atoms with van der Waals surface area (Å²) in [6.45, 7) is 10.4. The molecule has 0 unspecified atom stereocenters. The molecule has 0 N–H and O–H groups in total. The highest BCUT2D eigenvalue weighted by Gasteiger charge is 2.18. The highest BCUT2D eigenvalue weighted by Crippen LogP contribution is 2.10. The lowest BCUT2D eigenvalue weighted by Crippen LogP contribution is -2.40. The van der Waals surface area contributed by atoms with E-state index in [1.54, 1.807) is 18.1 Å². The summed E-state index contributed by atoms with van der Waals surface area (Å²) >= 11 is 0. The fourth-order valence-electron chi connectivity index (χ4n) is 2.00. The van der Waals surface area contributed by atoms with E-state index in [4.69, 9.17) is 0 Å². The monoisotopic (exact) mass is 292 g/mol. The van der Waals surface area contributed by atoms with Crippen LogP contribution in [0, 0.1) is 0 Å². The van der Waals surface area contributed by atoms with Gasteiger partial charge in [-0.25, -0.2) is 4.98 Å². The highest BCUT2D eigenvalue weighted by atomic mass is 16.2. The molecular weight excluding hydrogens is 268 g/mol. The van der Waals surface area contributed by atoms with E-state index in [2.05, 4.69) is 25.4 Å². The lowest BCUT2D eigenvalue weighted by atomic mass is 10.3. The quantitative estimate of drug-likeness (QED) is 0.715. The first kappa shape index (κ1) is 16.9. The number of rotatable bonds is 7. The van der Waals surface area contributed by atoms with Gasteiger partial charge in [-0.15, -0.1) is 0 Å². The fourth-order valence-corrected chi connectivity index (χ4v) is 2.00. The first-order valence-corrected chi connectivity index (χ1v) is 7.07. The largest absolute Gasteiger partial charge is 0.337 e. The Balaban J connectivity index is 2.68. The van der Waals surface area contributed by atoms with Crippen LogP contribution >= 0.6 is 0 Å². The molecule has 0 saturated carbocycles. The Morgan fingerprint density at radius 2 is 2.14 bits per heavy atom. The first-order valence-electron chi connectivity index (χ1n) is 7.07. The van der Waals surface area contributed by atoms with Crippen molar-refractivity contribution in [3.63, 3.8) is 0 Å². The van der Waals surface area contributed by atoms with E-state index in [0.717, 1.165) is 5.82 Å². The van der Waals surface area contributed by atoms with Gasteiger partial charge < -0.3 is 14.4 Å². The lowest BCUT2D eigenvalue weighted by Gasteiger charge is -2.23. The van der Waals surface area contributed by atoms with Crippen LogP contribution in [-0.4, -0.2) is 51.3 Å². The third kappa shape index (κ3) is 4.44. The van der Waals surface area contributed by atoms with Crippen LogP contribution in [0.1, 0.15) is 32.6 Å². The maximum Gasteiger partial charge on any atom is 0.246 e. The Morgan fingerprint density at radius 3 is 2.67 bits per heavy atom. The Kier molecular flexibility index (Phi) is 6.14. The molecule has 6 nitrogen and oxygen atoms in total. The molecule has 0 aromatic carbocycles. The van der Waals surface area contributed by atoms with E-state index in [1.165, 1.54) is 11.0 Å². The summed E-state index contributed by atoms with van der Waals surface area (Å²) in [6.07, 6.45) is 4.85. The fraction of sp³-hybridized carbons (Fsp3) is 0.533. The molecule has 6 heteroatoms. The molecule has 1 rings (SSSR count). The third-order valence-corrected chi connectivity index (χ3v) is 3.30. The van der Waals surface area contributed by atoms with Gasteiger partial charge in [0, 0.05) is 32.0 Å². The van der Waals surface area contributed by atoms with Gasteiger partial charge in [0.1, 0.15) is 5.82 Å². The zero-order chi connectivity index (χ0) is 16.0. The average Bonchev–Trinajstić information content (AvgIpc) is 2.91. The number of carbonyl (C=O) groups is 2. The molecule has 0 atom stereocenters. The Hall–Kier alpha value is -2.11. The van der Waals surface area contributed by atoms with Crippen LogP contribution < -0.4 is 0 Å². The van der Waals surface area contributed by atoms with Crippen LogP contribution in [0.2, 0.25) is 0 Å². The normalized spacial score (nSPS) is 10.5. The Bertz CT molecular complexity index is 508. The van der Waals surface area contributed by atoms with Gasteiger partial charge in [-0.2, -0.15) is 0 Å². The predicted molar refractivity (Wildman–Crippen MR) is 81.5 cm³/mol. The molecule has 0 bridgehead atoms. The van der Waals surface area contributed by atoms with Gasteiger partial charge >= 0.3 is 0 Å². The molecule has 116 valence electrons. The smallest absolute Gasteiger partial charge is 0.246 e. The summed E-state index contributed by atoms with van der Waals surface area (Å²) in [5.74, 6) is 0.479. The van der Waals surface area contributed by atoms with Crippen molar-refractivity contribution in [2.45, 2.75) is 33.4 Å². The molecular formula is C15H24N4O2. The first-order chi connectivity index (χ1) is 9.90. The number of likely N-dealkylation sites (N-methyl/N-ethyl adjacent to an activating group) is 2. The number of nitrogens with zero attached hydrogens (tertiary/aromatic N) is 4. The molecule has 1 heterocycles. The minimum absolute atomic E-state index is 0.0558. The van der Waals surface area contributed by atoms with E-state index in [9.17, 15) is 9.59 Å². The zero-order valence-electron chi connectivity index (χ0n) is 13.2. The van der Waals surface area contributed by atoms with Crippen molar-refractivity contribution in [3.8, 4) is 0 Å². The summed E-state index contributed by atoms with van der Waals surface area (Å²) in [6, 6.07) is 0.292. The molecule has 0 spiro atoms. The number of amides is 2. The Labute approximate surface area is 126 Å². The summed E-state index contributed by atoms with van der Waals surface area (Å²) in [5, 5.41) is 0. The van der Waals surface area contributed by atoms with Crippen LogP contribution in [0.5, 0.6) is 0 Å². The molecule has 0 fully saturated rings. The Morgan fingerprint density at radius 1 is 1.48 bits per heavy atom. The molecule has 1 aromatic rings. The number of hydrogen-bond acceptors (Lipinski definition) is 3. The van der Waals surface area contributed by atoms with Gasteiger partial charge in [0.25, 0.3) is 0 Å². The number of hydrogen-bond donors (Lipinski definition) is 0. The maximum atomic E-state index is 12.2. The van der Waals surface area contributed by atoms with Crippen molar-refractivity contribution < 1.29 is 9.59 Å². The van der Waals surface area contributed by atoms with Crippen molar-refractivity contribution in [2.24, 2.45) is 0 Å². The van der Waals surface area contributed by atoms with Crippen LogP contribution in [0.3, 0.4) is 0 Å². The van der Waals surface area contributed by atoms with E-state index in [-0.39, 0.29) is 18.4 Å². The van der Waals surface area contributed by atoms with E-state index >= 15 is 0 Å². The SMILES string of the molecule is C=CC(=O)N(CC)CC(=O)N(C)Cc1nccn1C(C)C. The molecule has 1 aromatic heterocycles.